The molecule has 1 aliphatic rings. The van der Waals surface area contributed by atoms with Crippen LogP contribution in [0.25, 0.3) is 0 Å². The Kier molecular flexibility index (Phi) is 8.14. The van der Waals surface area contributed by atoms with Gasteiger partial charge in [0.05, 0.1) is 11.8 Å². The first-order valence-electron chi connectivity index (χ1n) is 11.5. The zero-order valence-electron chi connectivity index (χ0n) is 19.0. The minimum Gasteiger partial charge on any atom is -0.301 e. The van der Waals surface area contributed by atoms with Gasteiger partial charge >= 0.3 is 12.4 Å². The number of alkyl halides is 6. The predicted molar refractivity (Wildman–Crippen MR) is 118 cm³/mol. The summed E-state index contributed by atoms with van der Waals surface area (Å²) in [6, 6.07) is 17.3. The number of hydrogen-bond donors (Lipinski definition) is 0. The van der Waals surface area contributed by atoms with Crippen molar-refractivity contribution >= 4 is 0 Å². The maximum absolute atomic E-state index is 13.3. The first kappa shape index (κ1) is 25.6. The minimum absolute atomic E-state index is 0.340. The Morgan fingerprint density at radius 2 is 1.45 bits per heavy atom. The van der Waals surface area contributed by atoms with E-state index in [0.717, 1.165) is 37.9 Å². The van der Waals surface area contributed by atoms with Crippen LogP contribution in [0.2, 0.25) is 0 Å². The van der Waals surface area contributed by atoms with Crippen LogP contribution in [0.5, 0.6) is 0 Å². The summed E-state index contributed by atoms with van der Waals surface area (Å²) in [5, 5.41) is 0. The Balaban J connectivity index is 1.55. The summed E-state index contributed by atoms with van der Waals surface area (Å²) in [6.07, 6.45) is -7.56. The fourth-order valence-corrected chi connectivity index (χ4v) is 4.89. The van der Waals surface area contributed by atoms with Crippen molar-refractivity contribution in [2.45, 2.75) is 63.8 Å². The molecule has 7 heteroatoms. The third-order valence-electron chi connectivity index (χ3n) is 6.99. The van der Waals surface area contributed by atoms with Crippen LogP contribution in [0.3, 0.4) is 0 Å². The number of benzene rings is 2. The predicted octanol–water partition coefficient (Wildman–Crippen LogP) is 7.42. The highest BCUT2D eigenvalue weighted by Crippen LogP contribution is 2.59. The molecule has 4 unspecified atom stereocenters. The Morgan fingerprint density at radius 1 is 0.848 bits per heavy atom. The maximum atomic E-state index is 13.3. The van der Waals surface area contributed by atoms with Crippen molar-refractivity contribution in [1.82, 2.24) is 4.90 Å². The lowest BCUT2D eigenvalue weighted by Crippen LogP contribution is -2.51. The molecule has 2 aromatic rings. The summed E-state index contributed by atoms with van der Waals surface area (Å²) in [5.74, 6) is -5.79. The smallest absolute Gasteiger partial charge is 0.301 e. The summed E-state index contributed by atoms with van der Waals surface area (Å²) in [7, 11) is 0. The van der Waals surface area contributed by atoms with E-state index in [2.05, 4.69) is 30.9 Å². The fourth-order valence-electron chi connectivity index (χ4n) is 4.89. The monoisotopic (exact) mass is 471 g/mol. The van der Waals surface area contributed by atoms with E-state index in [4.69, 9.17) is 0 Å². The second kappa shape index (κ2) is 10.5. The summed E-state index contributed by atoms with van der Waals surface area (Å²) >= 11 is 0. The number of nitrogens with zero attached hydrogens (tertiary/aromatic N) is 1. The van der Waals surface area contributed by atoms with Crippen LogP contribution >= 0.6 is 0 Å². The van der Waals surface area contributed by atoms with Crippen LogP contribution in [-0.4, -0.2) is 36.4 Å². The second-order valence-electron chi connectivity index (χ2n) is 9.05. The summed E-state index contributed by atoms with van der Waals surface area (Å²) < 4.78 is 78.7. The van der Waals surface area contributed by atoms with E-state index in [9.17, 15) is 26.3 Å². The van der Waals surface area contributed by atoms with Gasteiger partial charge in [-0.25, -0.2) is 0 Å². The summed E-state index contributed by atoms with van der Waals surface area (Å²) in [5.41, 5.74) is 2.62. The molecule has 0 radical (unpaired) electrons. The van der Waals surface area contributed by atoms with Gasteiger partial charge < -0.3 is 4.90 Å². The fraction of sp³-hybridized carbons (Fsp3) is 0.538. The van der Waals surface area contributed by atoms with Crippen molar-refractivity contribution in [1.29, 1.82) is 0 Å². The highest BCUT2D eigenvalue weighted by Gasteiger charge is 2.64. The quantitative estimate of drug-likeness (QED) is 0.344. The molecule has 0 N–H and O–H groups in total. The van der Waals surface area contributed by atoms with E-state index in [0.29, 0.717) is 11.6 Å². The van der Waals surface area contributed by atoms with Crippen LogP contribution in [0.1, 0.15) is 49.3 Å². The Labute approximate surface area is 191 Å². The van der Waals surface area contributed by atoms with Crippen LogP contribution in [0.4, 0.5) is 26.3 Å². The van der Waals surface area contributed by atoms with E-state index in [1.54, 1.807) is 24.3 Å². The zero-order chi connectivity index (χ0) is 24.2. The molecule has 0 saturated heterocycles. The van der Waals surface area contributed by atoms with Crippen molar-refractivity contribution < 1.29 is 26.3 Å². The third kappa shape index (κ3) is 6.52. The van der Waals surface area contributed by atoms with Crippen molar-refractivity contribution in [3.05, 3.63) is 71.3 Å². The van der Waals surface area contributed by atoms with Crippen molar-refractivity contribution in [3.63, 3.8) is 0 Å². The molecular formula is C26H31F6N. The highest BCUT2D eigenvalue weighted by molar-refractivity contribution is 5.29. The van der Waals surface area contributed by atoms with Crippen LogP contribution in [-0.2, 0) is 12.8 Å². The third-order valence-corrected chi connectivity index (χ3v) is 6.99. The number of aryl methyl sites for hydroxylation is 1. The minimum atomic E-state index is -4.86. The molecule has 0 aromatic heterocycles. The molecule has 2 aromatic carbocycles. The number of halogens is 6. The molecule has 1 saturated carbocycles. The van der Waals surface area contributed by atoms with Gasteiger partial charge in [0.1, 0.15) is 0 Å². The lowest BCUT2D eigenvalue weighted by Gasteiger charge is -2.46. The molecule has 182 valence electrons. The molecule has 0 bridgehead atoms. The van der Waals surface area contributed by atoms with Gasteiger partial charge in [-0.05, 0) is 61.8 Å². The topological polar surface area (TPSA) is 3.24 Å². The zero-order valence-corrected chi connectivity index (χ0v) is 19.0. The molecule has 1 aliphatic carbocycles. The van der Waals surface area contributed by atoms with Crippen molar-refractivity contribution in [2.75, 3.05) is 13.1 Å². The number of hydrogen-bond acceptors (Lipinski definition) is 1. The van der Waals surface area contributed by atoms with Gasteiger partial charge in [-0.2, -0.15) is 26.3 Å². The molecule has 0 amide bonds. The van der Waals surface area contributed by atoms with Gasteiger partial charge in [-0.15, -0.1) is 0 Å². The Hall–Kier alpha value is -2.02. The van der Waals surface area contributed by atoms with E-state index in [1.165, 1.54) is 5.56 Å². The molecule has 4 atom stereocenters. The summed E-state index contributed by atoms with van der Waals surface area (Å²) in [6.45, 7) is 6.16. The molecular weight excluding hydrogens is 440 g/mol. The molecule has 1 fully saturated rings. The Morgan fingerprint density at radius 3 is 2.00 bits per heavy atom. The molecule has 33 heavy (non-hydrogen) atoms. The largest absolute Gasteiger partial charge is 0.393 e. The summed E-state index contributed by atoms with van der Waals surface area (Å²) in [4.78, 5) is 2.40. The van der Waals surface area contributed by atoms with Gasteiger partial charge in [0.2, 0.25) is 0 Å². The normalized spacial score (nSPS) is 22.3. The lowest BCUT2D eigenvalue weighted by atomic mass is 9.61. The molecule has 1 nitrogen and oxygen atoms in total. The van der Waals surface area contributed by atoms with Gasteiger partial charge in [-0.1, -0.05) is 61.5 Å². The standard InChI is InChI=1S/C26H31F6N/c1-3-33(16-15-19-7-5-4-6-8-19)18(2)9-10-20-11-13-21(14-12-20)22-17-23(25(27,28)29)24(22)26(30,31)32/h4-8,11-14,18,22-24H,3,9-10,15-17H2,1-2H3. The van der Waals surface area contributed by atoms with Gasteiger partial charge in [0, 0.05) is 12.6 Å². The van der Waals surface area contributed by atoms with E-state index in [-0.39, 0.29) is 0 Å². The average molecular weight is 472 g/mol. The van der Waals surface area contributed by atoms with E-state index < -0.39 is 36.5 Å². The van der Waals surface area contributed by atoms with Crippen LogP contribution in [0.15, 0.2) is 54.6 Å². The van der Waals surface area contributed by atoms with Crippen molar-refractivity contribution in [2.24, 2.45) is 11.8 Å². The second-order valence-corrected chi connectivity index (χ2v) is 9.05. The van der Waals surface area contributed by atoms with Crippen molar-refractivity contribution in [3.8, 4) is 0 Å². The SMILES string of the molecule is CCN(CCc1ccccc1)C(C)CCc1ccc(C2CC(C(F)(F)F)C2C(F)(F)F)cc1. The highest BCUT2D eigenvalue weighted by atomic mass is 19.4. The number of rotatable bonds is 9. The van der Waals surface area contributed by atoms with Gasteiger partial charge in [-0.3, -0.25) is 0 Å². The number of likely N-dealkylation sites (N-methyl/N-ethyl adjacent to an activating group) is 1. The average Bonchev–Trinajstić information content (AvgIpc) is 2.71. The Bertz CT molecular complexity index is 859. The van der Waals surface area contributed by atoms with Crippen LogP contribution < -0.4 is 0 Å². The van der Waals surface area contributed by atoms with Gasteiger partial charge in [0.25, 0.3) is 0 Å². The molecule has 3 rings (SSSR count). The first-order valence-corrected chi connectivity index (χ1v) is 11.5. The maximum Gasteiger partial charge on any atom is 0.393 e. The molecule has 0 spiro atoms. The molecule has 0 heterocycles. The van der Waals surface area contributed by atoms with Gasteiger partial charge in [0.15, 0.2) is 0 Å². The first-order chi connectivity index (χ1) is 15.5. The van der Waals surface area contributed by atoms with E-state index >= 15 is 0 Å². The van der Waals surface area contributed by atoms with E-state index in [1.807, 2.05) is 18.2 Å². The van der Waals surface area contributed by atoms with Crippen LogP contribution in [0, 0.1) is 11.8 Å². The lowest BCUT2D eigenvalue weighted by molar-refractivity contribution is -0.292. The molecule has 0 aliphatic heterocycles.